The molecule has 0 amide bonds. The Morgan fingerprint density at radius 1 is 1.17 bits per heavy atom. The highest BCUT2D eigenvalue weighted by atomic mass is 16.5. The summed E-state index contributed by atoms with van der Waals surface area (Å²) < 4.78 is 67.5. The van der Waals surface area contributed by atoms with Gasteiger partial charge in [-0.25, -0.2) is 9.78 Å². The van der Waals surface area contributed by atoms with Gasteiger partial charge in [0.1, 0.15) is 11.5 Å². The van der Waals surface area contributed by atoms with Crippen LogP contribution in [0.25, 0.3) is 11.3 Å². The van der Waals surface area contributed by atoms with Crippen LogP contribution in [0.15, 0.2) is 36.4 Å². The highest BCUT2D eigenvalue weighted by Gasteiger charge is 2.15. The first-order valence-electron chi connectivity index (χ1n) is 10.7. The van der Waals surface area contributed by atoms with Crippen molar-refractivity contribution >= 4 is 5.97 Å². The van der Waals surface area contributed by atoms with Crippen molar-refractivity contribution in [2.75, 3.05) is 7.11 Å². The SMILES string of the molecule is [2H]C([2H])([2H])C([2H])(OC(=O)c1cc(OC)cc(-c2ccc(OC(C)C)cc2)n1)C([2H])([2H])[2H]. The zero-order chi connectivity index (χ0) is 23.6. The molecule has 0 aliphatic rings. The third kappa shape index (κ3) is 4.72. The standard InChI is InChI=1S/C19H23NO4/c1-12(2)23-15-8-6-14(7-9-15)17-10-16(22-5)11-18(20-17)19(21)24-13(3)4/h6-13H,1-5H3/i3D3,4D3,13D. The minimum Gasteiger partial charge on any atom is -0.497 e. The Balaban J connectivity index is 2.43. The van der Waals surface area contributed by atoms with Crippen molar-refractivity contribution in [3.63, 3.8) is 0 Å². The van der Waals surface area contributed by atoms with E-state index in [9.17, 15) is 4.79 Å². The first-order valence-corrected chi connectivity index (χ1v) is 7.24. The Labute approximate surface area is 152 Å². The van der Waals surface area contributed by atoms with Gasteiger partial charge in [0.2, 0.25) is 0 Å². The van der Waals surface area contributed by atoms with Gasteiger partial charge in [-0.15, -0.1) is 0 Å². The lowest BCUT2D eigenvalue weighted by Gasteiger charge is -2.12. The Hall–Kier alpha value is -2.56. The molecule has 5 heteroatoms. The van der Waals surface area contributed by atoms with Crippen molar-refractivity contribution in [2.24, 2.45) is 0 Å². The van der Waals surface area contributed by atoms with Crippen LogP contribution >= 0.6 is 0 Å². The second-order valence-electron chi connectivity index (χ2n) is 5.19. The topological polar surface area (TPSA) is 57.7 Å². The molecule has 0 aliphatic heterocycles. The largest absolute Gasteiger partial charge is 0.497 e. The molecule has 2 aromatic rings. The quantitative estimate of drug-likeness (QED) is 0.743. The highest BCUT2D eigenvalue weighted by molar-refractivity contribution is 5.88. The molecule has 1 aromatic carbocycles. The molecule has 1 aromatic heterocycles. The molecule has 0 unspecified atom stereocenters. The van der Waals surface area contributed by atoms with Crippen LogP contribution in [0.5, 0.6) is 11.5 Å². The van der Waals surface area contributed by atoms with E-state index in [1.807, 2.05) is 13.8 Å². The van der Waals surface area contributed by atoms with Crippen molar-refractivity contribution in [2.45, 2.75) is 39.7 Å². The minimum atomic E-state index is -3.46. The van der Waals surface area contributed by atoms with Crippen LogP contribution in [0.2, 0.25) is 0 Å². The molecule has 2 rings (SSSR count). The van der Waals surface area contributed by atoms with Crippen LogP contribution in [0.1, 0.15) is 47.6 Å². The molecule has 24 heavy (non-hydrogen) atoms. The monoisotopic (exact) mass is 336 g/mol. The second-order valence-corrected chi connectivity index (χ2v) is 5.19. The van der Waals surface area contributed by atoms with Crippen molar-refractivity contribution in [1.29, 1.82) is 0 Å². The summed E-state index contributed by atoms with van der Waals surface area (Å²) in [5, 5.41) is 0. The molecule has 0 saturated heterocycles. The van der Waals surface area contributed by atoms with E-state index in [2.05, 4.69) is 9.72 Å². The third-order valence-electron chi connectivity index (χ3n) is 2.96. The van der Waals surface area contributed by atoms with Crippen LogP contribution in [-0.4, -0.2) is 30.2 Å². The lowest BCUT2D eigenvalue weighted by atomic mass is 10.1. The molecule has 0 aliphatic carbocycles. The van der Waals surface area contributed by atoms with Crippen LogP contribution < -0.4 is 9.47 Å². The zero-order valence-electron chi connectivity index (χ0n) is 20.6. The maximum atomic E-state index is 12.6. The molecule has 0 saturated carbocycles. The first kappa shape index (κ1) is 10.3. The van der Waals surface area contributed by atoms with Crippen LogP contribution in [0.3, 0.4) is 0 Å². The van der Waals surface area contributed by atoms with E-state index < -0.39 is 31.4 Å². The van der Waals surface area contributed by atoms with Crippen molar-refractivity contribution in [1.82, 2.24) is 4.98 Å². The van der Waals surface area contributed by atoms with Gasteiger partial charge in [0.15, 0.2) is 5.69 Å². The number of rotatable bonds is 6. The number of carbonyl (C=O) groups is 1. The summed E-state index contributed by atoms with van der Waals surface area (Å²) in [6.45, 7) is -3.05. The third-order valence-corrected chi connectivity index (χ3v) is 2.96. The molecule has 1 heterocycles. The van der Waals surface area contributed by atoms with Crippen molar-refractivity contribution < 1.29 is 28.6 Å². The summed E-state index contributed by atoms with van der Waals surface area (Å²) in [6, 6.07) is 9.54. The van der Waals surface area contributed by atoms with Crippen LogP contribution in [-0.2, 0) is 4.74 Å². The Morgan fingerprint density at radius 3 is 2.46 bits per heavy atom. The van der Waals surface area contributed by atoms with E-state index in [-0.39, 0.29) is 11.9 Å². The van der Waals surface area contributed by atoms with Crippen LogP contribution in [0.4, 0.5) is 0 Å². The molecule has 0 atom stereocenters. The van der Waals surface area contributed by atoms with E-state index >= 15 is 0 Å². The first-order chi connectivity index (χ1) is 14.2. The number of ether oxygens (including phenoxy) is 3. The smallest absolute Gasteiger partial charge is 0.357 e. The van der Waals surface area contributed by atoms with Crippen molar-refractivity contribution in [3.8, 4) is 22.8 Å². The van der Waals surface area contributed by atoms with Gasteiger partial charge in [-0.1, -0.05) is 0 Å². The summed E-state index contributed by atoms with van der Waals surface area (Å²) >= 11 is 0. The number of benzene rings is 1. The van der Waals surface area contributed by atoms with E-state index in [4.69, 9.17) is 19.1 Å². The van der Waals surface area contributed by atoms with E-state index in [1.165, 1.54) is 19.2 Å². The van der Waals surface area contributed by atoms with E-state index in [1.54, 1.807) is 24.3 Å². The van der Waals surface area contributed by atoms with Crippen molar-refractivity contribution in [3.05, 3.63) is 42.1 Å². The molecule has 0 fully saturated rings. The highest BCUT2D eigenvalue weighted by Crippen LogP contribution is 2.26. The lowest BCUT2D eigenvalue weighted by molar-refractivity contribution is 0.0370. The number of methoxy groups -OCH3 is 1. The van der Waals surface area contributed by atoms with Crippen LogP contribution in [0, 0.1) is 0 Å². The number of aromatic nitrogens is 1. The molecule has 0 bridgehead atoms. The van der Waals surface area contributed by atoms with Gasteiger partial charge in [0.05, 0.1) is 26.4 Å². The maximum absolute atomic E-state index is 12.6. The van der Waals surface area contributed by atoms with Gasteiger partial charge in [-0.05, 0) is 51.8 Å². The second kappa shape index (κ2) is 7.81. The number of pyridine rings is 1. The Kier molecular flexibility index (Phi) is 3.37. The fourth-order valence-electron chi connectivity index (χ4n) is 2.00. The predicted octanol–water partition coefficient (Wildman–Crippen LogP) is 4.11. The number of hydrogen-bond donors (Lipinski definition) is 0. The van der Waals surface area contributed by atoms with E-state index in [0.29, 0.717) is 17.0 Å². The number of hydrogen-bond acceptors (Lipinski definition) is 5. The molecule has 0 N–H and O–H groups in total. The fourth-order valence-corrected chi connectivity index (χ4v) is 2.00. The van der Waals surface area contributed by atoms with Gasteiger partial charge in [0, 0.05) is 25.9 Å². The summed E-state index contributed by atoms with van der Waals surface area (Å²) in [4.78, 5) is 16.7. The molecule has 0 spiro atoms. The molecular formula is C19H23NO4. The average molecular weight is 336 g/mol. The normalized spacial score (nSPS) is 16.6. The van der Waals surface area contributed by atoms with Gasteiger partial charge in [-0.2, -0.15) is 0 Å². The van der Waals surface area contributed by atoms with Gasteiger partial charge in [0.25, 0.3) is 0 Å². The molecule has 128 valence electrons. The Bertz CT molecular complexity index is 910. The number of carbonyl (C=O) groups excluding carboxylic acids is 1. The number of nitrogens with zero attached hydrogens (tertiary/aromatic N) is 1. The fraction of sp³-hybridized carbons (Fsp3) is 0.368. The minimum absolute atomic E-state index is 0.0104. The van der Waals surface area contributed by atoms with Gasteiger partial charge >= 0.3 is 5.97 Å². The van der Waals surface area contributed by atoms with Gasteiger partial charge in [-0.3, -0.25) is 0 Å². The average Bonchev–Trinajstić information content (AvgIpc) is 2.65. The summed E-state index contributed by atoms with van der Waals surface area (Å²) in [7, 11) is 1.35. The Morgan fingerprint density at radius 2 is 1.88 bits per heavy atom. The molecular weight excluding hydrogens is 306 g/mol. The maximum Gasteiger partial charge on any atom is 0.357 e. The predicted molar refractivity (Wildman–Crippen MR) is 92.5 cm³/mol. The molecule has 5 nitrogen and oxygen atoms in total. The number of esters is 1. The van der Waals surface area contributed by atoms with E-state index in [0.717, 1.165) is 0 Å². The molecule has 0 radical (unpaired) electrons. The summed E-state index contributed by atoms with van der Waals surface area (Å²) in [5.74, 6) is -0.532. The lowest BCUT2D eigenvalue weighted by Crippen LogP contribution is -2.13. The van der Waals surface area contributed by atoms with Gasteiger partial charge < -0.3 is 14.2 Å². The zero-order valence-corrected chi connectivity index (χ0v) is 13.6. The summed E-state index contributed by atoms with van der Waals surface area (Å²) in [6.07, 6.45) is -3.47. The summed E-state index contributed by atoms with van der Waals surface area (Å²) in [5.41, 5.74) is 0.482.